The summed E-state index contributed by atoms with van der Waals surface area (Å²) in [5.74, 6) is -0.540. The van der Waals surface area contributed by atoms with Gasteiger partial charge in [0.1, 0.15) is 6.04 Å². The van der Waals surface area contributed by atoms with E-state index in [9.17, 15) is 14.4 Å². The number of hydrogen-bond donors (Lipinski definition) is 2. The van der Waals surface area contributed by atoms with Gasteiger partial charge in [0.15, 0.2) is 0 Å². The third-order valence-electron chi connectivity index (χ3n) is 4.13. The van der Waals surface area contributed by atoms with Gasteiger partial charge in [-0.2, -0.15) is 0 Å². The number of rotatable bonds is 6. The van der Waals surface area contributed by atoms with Gasteiger partial charge >= 0.3 is 6.03 Å². The van der Waals surface area contributed by atoms with E-state index < -0.39 is 18.0 Å². The molecule has 2 rings (SSSR count). The van der Waals surface area contributed by atoms with E-state index in [1.54, 1.807) is 35.9 Å². The summed E-state index contributed by atoms with van der Waals surface area (Å²) >= 11 is 0. The molecule has 1 aliphatic heterocycles. The first-order valence-corrected chi connectivity index (χ1v) is 8.72. The second-order valence-corrected chi connectivity index (χ2v) is 6.07. The number of imide groups is 1. The number of carbonyl (C=O) groups is 3. The first-order chi connectivity index (χ1) is 12.5. The fourth-order valence-corrected chi connectivity index (χ4v) is 2.84. The average molecular weight is 362 g/mol. The van der Waals surface area contributed by atoms with E-state index in [-0.39, 0.29) is 12.5 Å². The first-order valence-electron chi connectivity index (χ1n) is 8.72. The molecule has 8 nitrogen and oxygen atoms in total. The second kappa shape index (κ2) is 9.88. The molecule has 1 saturated heterocycles. The molecular formula is C18H26N4O4. The smallest absolute Gasteiger partial charge is 0.321 e. The van der Waals surface area contributed by atoms with Crippen LogP contribution in [0.4, 0.5) is 4.79 Å². The molecule has 0 unspecified atom stereocenters. The topological polar surface area (TPSA) is 91.0 Å². The van der Waals surface area contributed by atoms with E-state index in [2.05, 4.69) is 10.6 Å². The maximum atomic E-state index is 12.7. The summed E-state index contributed by atoms with van der Waals surface area (Å²) in [5, 5.41) is 4.87. The van der Waals surface area contributed by atoms with E-state index in [1.807, 2.05) is 18.2 Å². The van der Waals surface area contributed by atoms with E-state index in [1.165, 1.54) is 0 Å². The highest BCUT2D eigenvalue weighted by Crippen LogP contribution is 2.19. The summed E-state index contributed by atoms with van der Waals surface area (Å²) in [5.41, 5.74) is 0.714. The van der Waals surface area contributed by atoms with Crippen LogP contribution in [0.2, 0.25) is 0 Å². The minimum absolute atomic E-state index is 0.0671. The molecule has 0 bridgehead atoms. The molecular weight excluding hydrogens is 336 g/mol. The zero-order valence-electron chi connectivity index (χ0n) is 15.2. The quantitative estimate of drug-likeness (QED) is 0.763. The predicted molar refractivity (Wildman–Crippen MR) is 96.4 cm³/mol. The van der Waals surface area contributed by atoms with Crippen LogP contribution in [0, 0.1) is 0 Å². The third-order valence-corrected chi connectivity index (χ3v) is 4.13. The molecule has 1 atom stereocenters. The summed E-state index contributed by atoms with van der Waals surface area (Å²) in [6.45, 7) is 4.40. The lowest BCUT2D eigenvalue weighted by atomic mass is 10.0. The minimum atomic E-state index is -0.746. The Labute approximate surface area is 153 Å². The van der Waals surface area contributed by atoms with Gasteiger partial charge in [-0.25, -0.2) is 4.79 Å². The van der Waals surface area contributed by atoms with Crippen molar-refractivity contribution >= 4 is 17.8 Å². The van der Waals surface area contributed by atoms with Gasteiger partial charge in [0.05, 0.1) is 19.8 Å². The molecule has 0 saturated carbocycles. The lowest BCUT2D eigenvalue weighted by molar-refractivity contribution is -0.137. The lowest BCUT2D eigenvalue weighted by Crippen LogP contribution is -2.49. The third kappa shape index (κ3) is 5.53. The van der Waals surface area contributed by atoms with Crippen LogP contribution >= 0.6 is 0 Å². The molecule has 1 aromatic rings. The largest absolute Gasteiger partial charge is 0.378 e. The molecule has 8 heteroatoms. The second-order valence-electron chi connectivity index (χ2n) is 6.07. The summed E-state index contributed by atoms with van der Waals surface area (Å²) in [4.78, 5) is 40.3. The van der Waals surface area contributed by atoms with Crippen molar-refractivity contribution in [1.82, 2.24) is 20.4 Å². The molecule has 142 valence electrons. The zero-order chi connectivity index (χ0) is 18.9. The molecule has 1 aliphatic rings. The van der Waals surface area contributed by atoms with Gasteiger partial charge in [-0.3, -0.25) is 19.8 Å². The van der Waals surface area contributed by atoms with Crippen LogP contribution in [0.15, 0.2) is 30.3 Å². The summed E-state index contributed by atoms with van der Waals surface area (Å²) in [7, 11) is 1.70. The predicted octanol–water partition coefficient (Wildman–Crippen LogP) is 0.364. The normalized spacial score (nSPS) is 15.4. The fraction of sp³-hybridized carbons (Fsp3) is 0.500. The standard InChI is InChI=1S/C18H26N4O4/c1-3-19-18(25)20-17(24)16(14-7-5-4-6-8-14)21(2)13-15(23)22-9-11-26-12-10-22/h4-8,16H,3,9-13H2,1-2H3,(H2,19,20,24,25)/t16-/m1/s1. The van der Waals surface area contributed by atoms with Crippen molar-refractivity contribution in [3.05, 3.63) is 35.9 Å². The van der Waals surface area contributed by atoms with Crippen molar-refractivity contribution in [3.63, 3.8) is 0 Å². The molecule has 0 aliphatic carbocycles. The molecule has 0 spiro atoms. The van der Waals surface area contributed by atoms with Crippen molar-refractivity contribution in [2.45, 2.75) is 13.0 Å². The Morgan fingerprint density at radius 1 is 1.19 bits per heavy atom. The van der Waals surface area contributed by atoms with E-state index in [4.69, 9.17) is 4.74 Å². The summed E-state index contributed by atoms with van der Waals surface area (Å²) in [6, 6.07) is 7.80. The number of likely N-dealkylation sites (N-methyl/N-ethyl adjacent to an activating group) is 1. The van der Waals surface area contributed by atoms with Crippen molar-refractivity contribution in [3.8, 4) is 0 Å². The van der Waals surface area contributed by atoms with Crippen molar-refractivity contribution in [2.24, 2.45) is 0 Å². The number of urea groups is 1. The maximum absolute atomic E-state index is 12.7. The highest BCUT2D eigenvalue weighted by atomic mass is 16.5. The van der Waals surface area contributed by atoms with Crippen molar-refractivity contribution in [1.29, 1.82) is 0 Å². The van der Waals surface area contributed by atoms with E-state index >= 15 is 0 Å². The number of morpholine rings is 1. The Kier molecular flexibility index (Phi) is 7.55. The zero-order valence-corrected chi connectivity index (χ0v) is 15.2. The van der Waals surface area contributed by atoms with Crippen LogP contribution in [0.5, 0.6) is 0 Å². The number of carbonyl (C=O) groups excluding carboxylic acids is 3. The SMILES string of the molecule is CCNC(=O)NC(=O)[C@@H](c1ccccc1)N(C)CC(=O)N1CCOCC1. The van der Waals surface area contributed by atoms with Crippen LogP contribution in [-0.2, 0) is 14.3 Å². The Bertz CT molecular complexity index is 617. The lowest BCUT2D eigenvalue weighted by Gasteiger charge is -2.31. The first kappa shape index (κ1) is 19.9. The van der Waals surface area contributed by atoms with Gasteiger partial charge in [0.25, 0.3) is 0 Å². The van der Waals surface area contributed by atoms with E-state index in [0.717, 1.165) is 0 Å². The summed E-state index contributed by atoms with van der Waals surface area (Å²) < 4.78 is 5.26. The molecule has 1 heterocycles. The Morgan fingerprint density at radius 2 is 1.85 bits per heavy atom. The highest BCUT2D eigenvalue weighted by Gasteiger charge is 2.29. The Morgan fingerprint density at radius 3 is 2.46 bits per heavy atom. The maximum Gasteiger partial charge on any atom is 0.321 e. The summed E-state index contributed by atoms with van der Waals surface area (Å²) in [6.07, 6.45) is 0. The molecule has 1 aromatic carbocycles. The number of ether oxygens (including phenoxy) is 1. The highest BCUT2D eigenvalue weighted by molar-refractivity contribution is 5.97. The van der Waals surface area contributed by atoms with Gasteiger partial charge in [-0.1, -0.05) is 30.3 Å². The van der Waals surface area contributed by atoms with E-state index in [0.29, 0.717) is 38.4 Å². The van der Waals surface area contributed by atoms with Gasteiger partial charge in [-0.15, -0.1) is 0 Å². The van der Waals surface area contributed by atoms with Crippen LogP contribution < -0.4 is 10.6 Å². The van der Waals surface area contributed by atoms with Crippen molar-refractivity contribution in [2.75, 3.05) is 46.4 Å². The Hall–Kier alpha value is -2.45. The number of nitrogens with zero attached hydrogens (tertiary/aromatic N) is 2. The van der Waals surface area contributed by atoms with Gasteiger partial charge in [-0.05, 0) is 19.5 Å². The van der Waals surface area contributed by atoms with Gasteiger partial charge in [0.2, 0.25) is 11.8 Å². The molecule has 0 aromatic heterocycles. The Balaban J connectivity index is 2.10. The molecule has 1 fully saturated rings. The fourth-order valence-electron chi connectivity index (χ4n) is 2.84. The molecule has 2 N–H and O–H groups in total. The van der Waals surface area contributed by atoms with Crippen molar-refractivity contribution < 1.29 is 19.1 Å². The van der Waals surface area contributed by atoms with Gasteiger partial charge < -0.3 is 15.0 Å². The number of benzene rings is 1. The monoisotopic (exact) mass is 362 g/mol. The van der Waals surface area contributed by atoms with Crippen LogP contribution in [0.1, 0.15) is 18.5 Å². The number of nitrogens with one attached hydrogen (secondary N) is 2. The van der Waals surface area contributed by atoms with Crippen LogP contribution in [-0.4, -0.2) is 74.1 Å². The molecule has 4 amide bonds. The molecule has 26 heavy (non-hydrogen) atoms. The van der Waals surface area contributed by atoms with Gasteiger partial charge in [0, 0.05) is 19.6 Å². The number of amides is 4. The number of hydrogen-bond acceptors (Lipinski definition) is 5. The molecule has 0 radical (unpaired) electrons. The minimum Gasteiger partial charge on any atom is -0.378 e. The van der Waals surface area contributed by atoms with Crippen LogP contribution in [0.25, 0.3) is 0 Å². The van der Waals surface area contributed by atoms with Crippen LogP contribution in [0.3, 0.4) is 0 Å². The average Bonchev–Trinajstić information content (AvgIpc) is 2.63.